The van der Waals surface area contributed by atoms with E-state index in [9.17, 15) is 4.79 Å². The average molecular weight is 261 g/mol. The second-order valence-electron chi connectivity index (χ2n) is 2.44. The van der Waals surface area contributed by atoms with Crippen LogP contribution in [0.1, 0.15) is 0 Å². The van der Waals surface area contributed by atoms with E-state index in [1.165, 1.54) is 11.8 Å². The summed E-state index contributed by atoms with van der Waals surface area (Å²) in [6, 6.07) is 5.50. The molecule has 1 aromatic rings. The Hall–Kier alpha value is -0.680. The summed E-state index contributed by atoms with van der Waals surface area (Å²) in [5.74, 6) is -0.0925. The van der Waals surface area contributed by atoms with Gasteiger partial charge < -0.3 is 11.5 Å². The number of hydrogen-bond acceptors (Lipinski definition) is 3. The minimum atomic E-state index is -0.343. The van der Waals surface area contributed by atoms with Gasteiger partial charge in [0.05, 0.1) is 5.75 Å². The van der Waals surface area contributed by atoms with Crippen molar-refractivity contribution in [1.82, 2.24) is 0 Å². The lowest BCUT2D eigenvalue weighted by atomic mass is 10.3. The quantitative estimate of drug-likeness (QED) is 0.641. The molecule has 4 N–H and O–H groups in total. The lowest BCUT2D eigenvalue weighted by Crippen LogP contribution is -2.13. The van der Waals surface area contributed by atoms with Crippen LogP contribution in [0.4, 0.5) is 5.69 Å². The van der Waals surface area contributed by atoms with E-state index in [1.54, 1.807) is 6.07 Å². The Labute approximate surface area is 89.0 Å². The van der Waals surface area contributed by atoms with Crippen molar-refractivity contribution in [3.05, 3.63) is 22.7 Å². The predicted molar refractivity (Wildman–Crippen MR) is 58.5 cm³/mol. The number of primary amides is 1. The third-order valence-corrected chi connectivity index (χ3v) is 2.93. The van der Waals surface area contributed by atoms with Crippen molar-refractivity contribution in [1.29, 1.82) is 0 Å². The van der Waals surface area contributed by atoms with Crippen molar-refractivity contribution >= 4 is 39.3 Å². The molecular formula is C8H9BrN2OS. The standard InChI is InChI=1S/C8H9BrN2OS/c9-5-1-2-6(10)7(3-5)13-4-8(11)12/h1-3H,4,10H2,(H2,11,12). The molecule has 0 spiro atoms. The van der Waals surface area contributed by atoms with E-state index >= 15 is 0 Å². The Balaban J connectivity index is 2.75. The van der Waals surface area contributed by atoms with Crippen molar-refractivity contribution in [2.24, 2.45) is 5.73 Å². The number of amides is 1. The molecule has 0 aromatic heterocycles. The molecule has 0 fully saturated rings. The van der Waals surface area contributed by atoms with Crippen molar-refractivity contribution < 1.29 is 4.79 Å². The molecule has 0 aliphatic heterocycles. The number of anilines is 1. The highest BCUT2D eigenvalue weighted by atomic mass is 79.9. The first-order valence-corrected chi connectivity index (χ1v) is 5.33. The molecule has 0 atom stereocenters. The fourth-order valence-electron chi connectivity index (χ4n) is 0.782. The third kappa shape index (κ3) is 3.28. The molecule has 0 unspecified atom stereocenters. The van der Waals surface area contributed by atoms with Crippen LogP contribution in [0.5, 0.6) is 0 Å². The molecule has 1 amide bonds. The molecule has 0 radical (unpaired) electrons. The molecule has 3 nitrogen and oxygen atoms in total. The maximum absolute atomic E-state index is 10.5. The molecule has 0 saturated heterocycles. The summed E-state index contributed by atoms with van der Waals surface area (Å²) >= 11 is 4.66. The van der Waals surface area contributed by atoms with Crippen LogP contribution in [0.3, 0.4) is 0 Å². The number of hydrogen-bond donors (Lipinski definition) is 2. The van der Waals surface area contributed by atoms with Crippen LogP contribution in [-0.2, 0) is 4.79 Å². The smallest absolute Gasteiger partial charge is 0.227 e. The summed E-state index contributed by atoms with van der Waals surface area (Å²) in [4.78, 5) is 11.4. The largest absolute Gasteiger partial charge is 0.398 e. The summed E-state index contributed by atoms with van der Waals surface area (Å²) in [5, 5.41) is 0. The average Bonchev–Trinajstić information content (AvgIpc) is 2.06. The first-order valence-electron chi connectivity index (χ1n) is 3.55. The van der Waals surface area contributed by atoms with Gasteiger partial charge in [0, 0.05) is 15.1 Å². The molecule has 5 heteroatoms. The number of rotatable bonds is 3. The monoisotopic (exact) mass is 260 g/mol. The van der Waals surface area contributed by atoms with Gasteiger partial charge in [0.15, 0.2) is 0 Å². The predicted octanol–water partition coefficient (Wildman–Crippen LogP) is 1.61. The first-order chi connectivity index (χ1) is 6.09. The van der Waals surface area contributed by atoms with Gasteiger partial charge in [-0.1, -0.05) is 15.9 Å². The van der Waals surface area contributed by atoms with Crippen molar-refractivity contribution in [2.75, 3.05) is 11.5 Å². The van der Waals surface area contributed by atoms with E-state index < -0.39 is 0 Å². The Kier molecular flexibility index (Phi) is 3.62. The van der Waals surface area contributed by atoms with Crippen molar-refractivity contribution in [2.45, 2.75) is 4.90 Å². The molecule has 70 valence electrons. The number of halogens is 1. The molecule has 0 bridgehead atoms. The van der Waals surface area contributed by atoms with Gasteiger partial charge in [-0.25, -0.2) is 0 Å². The zero-order valence-electron chi connectivity index (χ0n) is 6.79. The number of nitrogen functional groups attached to an aromatic ring is 1. The normalized spacial score (nSPS) is 9.92. The topological polar surface area (TPSA) is 69.1 Å². The zero-order valence-corrected chi connectivity index (χ0v) is 9.19. The van der Waals surface area contributed by atoms with Gasteiger partial charge in [-0.2, -0.15) is 0 Å². The summed E-state index contributed by atoms with van der Waals surface area (Å²) in [6.45, 7) is 0. The van der Waals surface area contributed by atoms with Crippen LogP contribution in [0, 0.1) is 0 Å². The summed E-state index contributed by atoms with van der Waals surface area (Å²) < 4.78 is 0.939. The fraction of sp³-hybridized carbons (Fsp3) is 0.125. The van der Waals surface area contributed by atoms with Crippen LogP contribution in [-0.4, -0.2) is 11.7 Å². The summed E-state index contributed by atoms with van der Waals surface area (Å²) in [7, 11) is 0. The van der Waals surface area contributed by atoms with Crippen molar-refractivity contribution in [3.63, 3.8) is 0 Å². The number of carbonyl (C=O) groups is 1. The van der Waals surface area contributed by atoms with Crippen LogP contribution >= 0.6 is 27.7 Å². The van der Waals surface area contributed by atoms with Gasteiger partial charge in [-0.15, -0.1) is 11.8 Å². The van der Waals surface area contributed by atoms with Gasteiger partial charge in [-0.3, -0.25) is 4.79 Å². The minimum Gasteiger partial charge on any atom is -0.398 e. The van der Waals surface area contributed by atoms with E-state index in [4.69, 9.17) is 11.5 Å². The Morgan fingerprint density at radius 1 is 1.54 bits per heavy atom. The Bertz CT molecular complexity index is 330. The Morgan fingerprint density at radius 2 is 2.23 bits per heavy atom. The molecule has 0 aliphatic rings. The Morgan fingerprint density at radius 3 is 2.85 bits per heavy atom. The minimum absolute atomic E-state index is 0.251. The van der Waals surface area contributed by atoms with E-state index in [0.717, 1.165) is 9.37 Å². The fourth-order valence-corrected chi connectivity index (χ4v) is 2.04. The highest BCUT2D eigenvalue weighted by Gasteiger charge is 2.02. The molecular weight excluding hydrogens is 252 g/mol. The van der Waals surface area contributed by atoms with Crippen LogP contribution in [0.2, 0.25) is 0 Å². The maximum atomic E-state index is 10.5. The van der Waals surface area contributed by atoms with E-state index in [0.29, 0.717) is 5.69 Å². The van der Waals surface area contributed by atoms with Crippen LogP contribution in [0.15, 0.2) is 27.6 Å². The zero-order chi connectivity index (χ0) is 9.84. The lowest BCUT2D eigenvalue weighted by Gasteiger charge is -2.03. The summed E-state index contributed by atoms with van der Waals surface area (Å²) in [6.07, 6.45) is 0. The molecule has 1 aromatic carbocycles. The second kappa shape index (κ2) is 4.53. The van der Waals surface area contributed by atoms with E-state index in [1.807, 2.05) is 12.1 Å². The first kappa shape index (κ1) is 10.4. The second-order valence-corrected chi connectivity index (χ2v) is 4.37. The number of carbonyl (C=O) groups excluding carboxylic acids is 1. The molecule has 0 saturated carbocycles. The number of nitrogens with two attached hydrogens (primary N) is 2. The molecule has 1 rings (SSSR count). The third-order valence-electron chi connectivity index (χ3n) is 1.35. The molecule has 0 heterocycles. The van der Waals surface area contributed by atoms with Gasteiger partial charge in [0.25, 0.3) is 0 Å². The van der Waals surface area contributed by atoms with E-state index in [2.05, 4.69) is 15.9 Å². The van der Waals surface area contributed by atoms with Gasteiger partial charge in [0.1, 0.15) is 0 Å². The molecule has 0 aliphatic carbocycles. The van der Waals surface area contributed by atoms with Crippen molar-refractivity contribution in [3.8, 4) is 0 Å². The maximum Gasteiger partial charge on any atom is 0.227 e. The highest BCUT2D eigenvalue weighted by Crippen LogP contribution is 2.27. The highest BCUT2D eigenvalue weighted by molar-refractivity contribution is 9.10. The molecule has 13 heavy (non-hydrogen) atoms. The SMILES string of the molecule is NC(=O)CSc1cc(Br)ccc1N. The van der Waals surface area contributed by atoms with Gasteiger partial charge in [-0.05, 0) is 18.2 Å². The van der Waals surface area contributed by atoms with Crippen LogP contribution < -0.4 is 11.5 Å². The summed E-state index contributed by atoms with van der Waals surface area (Å²) in [5.41, 5.74) is 11.4. The van der Waals surface area contributed by atoms with Crippen LogP contribution in [0.25, 0.3) is 0 Å². The lowest BCUT2D eigenvalue weighted by molar-refractivity contribution is -0.115. The number of benzene rings is 1. The van der Waals surface area contributed by atoms with Gasteiger partial charge in [0.2, 0.25) is 5.91 Å². The van der Waals surface area contributed by atoms with E-state index in [-0.39, 0.29) is 11.7 Å². The van der Waals surface area contributed by atoms with Gasteiger partial charge >= 0.3 is 0 Å². The number of thioether (sulfide) groups is 1.